The number of allylic oxidation sites excluding steroid dienone is 1. The molecule has 1 atom stereocenters. The van der Waals surface area contributed by atoms with E-state index in [0.717, 1.165) is 6.08 Å². The fourth-order valence-electron chi connectivity index (χ4n) is 0.446. The van der Waals surface area contributed by atoms with E-state index in [-0.39, 0.29) is 11.8 Å². The third-order valence-corrected chi connectivity index (χ3v) is 1.52. The summed E-state index contributed by atoms with van der Waals surface area (Å²) in [6.07, 6.45) is -2.82. The zero-order valence-corrected chi connectivity index (χ0v) is 6.75. The topological polar surface area (TPSA) is 20.2 Å². The van der Waals surface area contributed by atoms with Crippen molar-refractivity contribution in [2.75, 3.05) is 12.0 Å². The van der Waals surface area contributed by atoms with E-state index in [1.54, 1.807) is 6.26 Å². The van der Waals surface area contributed by atoms with Gasteiger partial charge in [0.1, 0.15) is 0 Å². The first kappa shape index (κ1) is 10.8. The van der Waals surface area contributed by atoms with Gasteiger partial charge in [0.25, 0.3) is 0 Å². The lowest BCUT2D eigenvalue weighted by molar-refractivity contribution is -0.0805. The van der Waals surface area contributed by atoms with Crippen molar-refractivity contribution >= 4 is 11.8 Å². The van der Waals surface area contributed by atoms with Gasteiger partial charge in [-0.25, -0.2) is 0 Å². The van der Waals surface area contributed by atoms with Crippen LogP contribution in [0.1, 0.15) is 0 Å². The smallest absolute Gasteiger partial charge is 0.388 e. The van der Waals surface area contributed by atoms with Crippen LogP contribution < -0.4 is 0 Å². The number of hydrogen-bond donors (Lipinski definition) is 1. The molecular weight excluding hydrogens is 177 g/mol. The van der Waals surface area contributed by atoms with Gasteiger partial charge in [0.2, 0.25) is 0 Å². The molecule has 0 spiro atoms. The summed E-state index contributed by atoms with van der Waals surface area (Å²) in [5.41, 5.74) is 0. The highest BCUT2D eigenvalue weighted by Crippen LogP contribution is 2.16. The molecule has 0 saturated carbocycles. The maximum absolute atomic E-state index is 11.5. The average molecular weight is 186 g/mol. The van der Waals surface area contributed by atoms with E-state index in [0.29, 0.717) is 0 Å². The molecule has 0 saturated heterocycles. The van der Waals surface area contributed by atoms with Gasteiger partial charge in [-0.15, -0.1) is 0 Å². The first-order chi connectivity index (χ1) is 4.95. The van der Waals surface area contributed by atoms with E-state index in [4.69, 9.17) is 5.11 Å². The molecule has 0 aliphatic heterocycles. The maximum atomic E-state index is 11.5. The van der Waals surface area contributed by atoms with Crippen LogP contribution in [-0.4, -0.2) is 29.4 Å². The summed E-state index contributed by atoms with van der Waals surface area (Å²) < 4.78 is 34.4. The van der Waals surface area contributed by atoms with Gasteiger partial charge in [-0.2, -0.15) is 24.9 Å². The molecule has 0 radical (unpaired) electrons. The second-order valence-electron chi connectivity index (χ2n) is 1.92. The molecule has 1 N–H and O–H groups in total. The summed E-state index contributed by atoms with van der Waals surface area (Å²) in [7, 11) is 0. The van der Waals surface area contributed by atoms with E-state index in [9.17, 15) is 13.2 Å². The monoisotopic (exact) mass is 186 g/mol. The van der Waals surface area contributed by atoms with Crippen molar-refractivity contribution in [3.8, 4) is 0 Å². The van der Waals surface area contributed by atoms with Gasteiger partial charge in [0.15, 0.2) is 0 Å². The molecule has 0 aromatic rings. The van der Waals surface area contributed by atoms with E-state index in [1.165, 1.54) is 11.8 Å². The molecule has 1 unspecified atom stereocenters. The second-order valence-corrected chi connectivity index (χ2v) is 2.83. The van der Waals surface area contributed by atoms with Gasteiger partial charge in [-0.05, 0) is 6.26 Å². The summed E-state index contributed by atoms with van der Waals surface area (Å²) in [6, 6.07) is 0. The van der Waals surface area contributed by atoms with Gasteiger partial charge >= 0.3 is 6.18 Å². The van der Waals surface area contributed by atoms with Crippen molar-refractivity contribution in [1.82, 2.24) is 0 Å². The molecule has 0 amide bonds. The fourth-order valence-corrected chi connectivity index (χ4v) is 0.899. The van der Waals surface area contributed by atoms with Crippen LogP contribution in [0.25, 0.3) is 0 Å². The molecule has 0 aromatic heterocycles. The number of alkyl halides is 3. The number of rotatable bonds is 3. The highest BCUT2D eigenvalue weighted by molar-refractivity contribution is 7.98. The highest BCUT2D eigenvalue weighted by Gasteiger charge is 2.22. The Morgan fingerprint density at radius 2 is 2.09 bits per heavy atom. The molecule has 1 nitrogen and oxygen atoms in total. The molecular formula is C6H9F3OS. The first-order valence-electron chi connectivity index (χ1n) is 2.89. The first-order valence-corrected chi connectivity index (χ1v) is 4.28. The molecule has 0 aliphatic carbocycles. The minimum absolute atomic E-state index is 0.0495. The standard InChI is InChI=1S/C6H9F3OS/c1-11-4-5(10)2-3-6(7,8)9/h2-3,5,10H,4H2,1H3/b3-2+. The van der Waals surface area contributed by atoms with Crippen LogP contribution >= 0.6 is 11.8 Å². The molecule has 0 aromatic carbocycles. The Balaban J connectivity index is 3.73. The summed E-state index contributed by atoms with van der Waals surface area (Å²) in [5, 5.41) is 8.80. The molecule has 66 valence electrons. The molecule has 0 rings (SSSR count). The van der Waals surface area contributed by atoms with E-state index in [1.807, 2.05) is 0 Å². The largest absolute Gasteiger partial charge is 0.409 e. The lowest BCUT2D eigenvalue weighted by Crippen LogP contribution is -2.09. The zero-order chi connectivity index (χ0) is 8.91. The second kappa shape index (κ2) is 4.66. The summed E-state index contributed by atoms with van der Waals surface area (Å²) in [4.78, 5) is 0. The fraction of sp³-hybridized carbons (Fsp3) is 0.667. The quantitative estimate of drug-likeness (QED) is 0.678. The lowest BCUT2D eigenvalue weighted by Gasteiger charge is -2.02. The van der Waals surface area contributed by atoms with Crippen LogP contribution in [0.2, 0.25) is 0 Å². The van der Waals surface area contributed by atoms with Gasteiger partial charge in [-0.1, -0.05) is 6.08 Å². The number of aliphatic hydroxyl groups excluding tert-OH is 1. The van der Waals surface area contributed by atoms with Gasteiger partial charge in [-0.3, -0.25) is 0 Å². The Hall–Kier alpha value is -0.160. The predicted molar refractivity (Wildman–Crippen MR) is 39.6 cm³/mol. The summed E-state index contributed by atoms with van der Waals surface area (Å²) in [6.45, 7) is 0. The van der Waals surface area contributed by atoms with Crippen LogP contribution in [0, 0.1) is 0 Å². The molecule has 0 bridgehead atoms. The number of thioether (sulfide) groups is 1. The van der Waals surface area contributed by atoms with E-state index < -0.39 is 12.3 Å². The van der Waals surface area contributed by atoms with Crippen molar-refractivity contribution in [1.29, 1.82) is 0 Å². The lowest BCUT2D eigenvalue weighted by atomic mass is 10.3. The highest BCUT2D eigenvalue weighted by atomic mass is 32.2. The molecule has 11 heavy (non-hydrogen) atoms. The van der Waals surface area contributed by atoms with Crippen LogP contribution in [-0.2, 0) is 0 Å². The van der Waals surface area contributed by atoms with Crippen molar-refractivity contribution < 1.29 is 18.3 Å². The zero-order valence-electron chi connectivity index (χ0n) is 5.93. The van der Waals surface area contributed by atoms with Gasteiger partial charge in [0, 0.05) is 11.8 Å². The third kappa shape index (κ3) is 7.74. The van der Waals surface area contributed by atoms with Crippen molar-refractivity contribution in [2.24, 2.45) is 0 Å². The SMILES string of the molecule is CSCC(O)/C=C/C(F)(F)F. The summed E-state index contributed by atoms with van der Waals surface area (Å²) in [5.74, 6) is 0.284. The minimum atomic E-state index is -4.32. The summed E-state index contributed by atoms with van der Waals surface area (Å²) >= 11 is 1.29. The van der Waals surface area contributed by atoms with Crippen molar-refractivity contribution in [3.05, 3.63) is 12.2 Å². The minimum Gasteiger partial charge on any atom is -0.388 e. The Labute approximate surface area is 67.3 Å². The van der Waals surface area contributed by atoms with E-state index in [2.05, 4.69) is 0 Å². The molecule has 5 heteroatoms. The van der Waals surface area contributed by atoms with Gasteiger partial charge < -0.3 is 5.11 Å². The van der Waals surface area contributed by atoms with Crippen molar-refractivity contribution in [2.45, 2.75) is 12.3 Å². The van der Waals surface area contributed by atoms with Gasteiger partial charge in [0.05, 0.1) is 6.10 Å². The molecule has 0 heterocycles. The number of hydrogen-bond acceptors (Lipinski definition) is 2. The Bertz CT molecular complexity index is 132. The Morgan fingerprint density at radius 3 is 2.45 bits per heavy atom. The maximum Gasteiger partial charge on any atom is 0.409 e. The Morgan fingerprint density at radius 1 is 1.55 bits per heavy atom. The van der Waals surface area contributed by atoms with Crippen molar-refractivity contribution in [3.63, 3.8) is 0 Å². The van der Waals surface area contributed by atoms with Crippen LogP contribution in [0.3, 0.4) is 0 Å². The van der Waals surface area contributed by atoms with E-state index >= 15 is 0 Å². The predicted octanol–water partition coefficient (Wildman–Crippen LogP) is 1.83. The number of aliphatic hydroxyl groups is 1. The molecule has 0 fully saturated rings. The van der Waals surface area contributed by atoms with Crippen LogP contribution in [0.4, 0.5) is 13.2 Å². The Kier molecular flexibility index (Phi) is 4.60. The van der Waals surface area contributed by atoms with Crippen LogP contribution in [0.15, 0.2) is 12.2 Å². The average Bonchev–Trinajstić information content (AvgIpc) is 1.83. The normalized spacial score (nSPS) is 15.7. The molecule has 0 aliphatic rings. The number of halogens is 3. The van der Waals surface area contributed by atoms with Crippen LogP contribution in [0.5, 0.6) is 0 Å². The third-order valence-electron chi connectivity index (χ3n) is 0.845.